The summed E-state index contributed by atoms with van der Waals surface area (Å²) in [6, 6.07) is 14.7. The van der Waals surface area contributed by atoms with Gasteiger partial charge in [-0.1, -0.05) is 35.9 Å². The molecular weight excluding hydrogens is 314 g/mol. The molecule has 2 aromatic rings. The van der Waals surface area contributed by atoms with E-state index in [1.807, 2.05) is 43.3 Å². The summed E-state index contributed by atoms with van der Waals surface area (Å²) in [5, 5.41) is 7.46. The standard InChI is InChI=1S/C17H18ClN3O2/c1-2-23-16-10-6-3-7-13(16)11-20-21-17(22)12-19-15-9-5-4-8-14(15)18/h3-11,19H,2,12H2,1H3,(H,21,22)/b20-11-. The molecule has 0 aliphatic heterocycles. The molecule has 0 saturated heterocycles. The average Bonchev–Trinajstić information content (AvgIpc) is 2.56. The van der Waals surface area contributed by atoms with Crippen LogP contribution in [-0.2, 0) is 4.79 Å². The molecule has 2 aromatic carbocycles. The lowest BCUT2D eigenvalue weighted by Gasteiger charge is -2.07. The van der Waals surface area contributed by atoms with Crippen LogP contribution in [0.5, 0.6) is 5.75 Å². The zero-order chi connectivity index (χ0) is 16.5. The molecule has 0 aliphatic carbocycles. The van der Waals surface area contributed by atoms with E-state index in [2.05, 4.69) is 15.8 Å². The van der Waals surface area contributed by atoms with E-state index in [9.17, 15) is 4.79 Å². The highest BCUT2D eigenvalue weighted by Gasteiger charge is 2.03. The van der Waals surface area contributed by atoms with Gasteiger partial charge in [-0.3, -0.25) is 4.79 Å². The molecule has 2 N–H and O–H groups in total. The summed E-state index contributed by atoms with van der Waals surface area (Å²) >= 11 is 6.00. The largest absolute Gasteiger partial charge is 0.493 e. The maximum Gasteiger partial charge on any atom is 0.259 e. The van der Waals surface area contributed by atoms with E-state index in [4.69, 9.17) is 16.3 Å². The topological polar surface area (TPSA) is 62.7 Å². The first kappa shape index (κ1) is 16.8. The van der Waals surface area contributed by atoms with Crippen LogP contribution < -0.4 is 15.5 Å². The van der Waals surface area contributed by atoms with Crippen molar-refractivity contribution >= 4 is 29.4 Å². The Kier molecular flexibility index (Phi) is 6.44. The van der Waals surface area contributed by atoms with Gasteiger partial charge in [0.15, 0.2) is 0 Å². The highest BCUT2D eigenvalue weighted by Crippen LogP contribution is 2.19. The second kappa shape index (κ2) is 8.80. The molecule has 0 saturated carbocycles. The van der Waals surface area contributed by atoms with Crippen LogP contribution in [0, 0.1) is 0 Å². The first-order chi connectivity index (χ1) is 11.2. The minimum absolute atomic E-state index is 0.0776. The number of carbonyl (C=O) groups is 1. The third-order valence-electron chi connectivity index (χ3n) is 2.92. The van der Waals surface area contributed by atoms with E-state index < -0.39 is 0 Å². The van der Waals surface area contributed by atoms with Gasteiger partial charge in [-0.05, 0) is 31.2 Å². The third-order valence-corrected chi connectivity index (χ3v) is 3.25. The molecule has 6 heteroatoms. The van der Waals surface area contributed by atoms with Crippen molar-refractivity contribution in [3.8, 4) is 5.75 Å². The minimum atomic E-state index is -0.268. The van der Waals surface area contributed by atoms with E-state index in [1.165, 1.54) is 0 Å². The van der Waals surface area contributed by atoms with E-state index in [0.717, 1.165) is 11.3 Å². The van der Waals surface area contributed by atoms with Crippen LogP contribution in [0.2, 0.25) is 5.02 Å². The van der Waals surface area contributed by atoms with Gasteiger partial charge in [-0.2, -0.15) is 5.10 Å². The number of nitrogens with one attached hydrogen (secondary N) is 2. The summed E-state index contributed by atoms with van der Waals surface area (Å²) in [4.78, 5) is 11.8. The fraction of sp³-hybridized carbons (Fsp3) is 0.176. The molecule has 120 valence electrons. The summed E-state index contributed by atoms with van der Waals surface area (Å²) in [7, 11) is 0. The van der Waals surface area contributed by atoms with Crippen molar-refractivity contribution in [2.75, 3.05) is 18.5 Å². The molecule has 0 bridgehead atoms. The molecule has 0 spiro atoms. The van der Waals surface area contributed by atoms with Gasteiger partial charge >= 0.3 is 0 Å². The predicted octanol–water partition coefficient (Wildman–Crippen LogP) is 3.30. The van der Waals surface area contributed by atoms with Crippen molar-refractivity contribution < 1.29 is 9.53 Å². The Bertz CT molecular complexity index is 689. The summed E-state index contributed by atoms with van der Waals surface area (Å²) < 4.78 is 5.48. The van der Waals surface area contributed by atoms with E-state index >= 15 is 0 Å². The maximum atomic E-state index is 11.8. The summed E-state index contributed by atoms with van der Waals surface area (Å²) in [6.07, 6.45) is 1.55. The number of hydrogen-bond acceptors (Lipinski definition) is 4. The quantitative estimate of drug-likeness (QED) is 0.604. The number of nitrogens with zero attached hydrogens (tertiary/aromatic N) is 1. The Balaban J connectivity index is 1.86. The molecule has 0 aromatic heterocycles. The fourth-order valence-corrected chi connectivity index (χ4v) is 2.07. The SMILES string of the molecule is CCOc1ccccc1/C=N\NC(=O)CNc1ccccc1Cl. The number of anilines is 1. The zero-order valence-corrected chi connectivity index (χ0v) is 13.5. The van der Waals surface area contributed by atoms with Gasteiger partial charge in [0.05, 0.1) is 30.1 Å². The highest BCUT2D eigenvalue weighted by atomic mass is 35.5. The van der Waals surface area contributed by atoms with Crippen LogP contribution in [0.4, 0.5) is 5.69 Å². The lowest BCUT2D eigenvalue weighted by atomic mass is 10.2. The lowest BCUT2D eigenvalue weighted by molar-refractivity contribution is -0.119. The Morgan fingerprint density at radius 2 is 1.96 bits per heavy atom. The number of ether oxygens (including phenoxy) is 1. The summed E-state index contributed by atoms with van der Waals surface area (Å²) in [6.45, 7) is 2.56. The molecule has 23 heavy (non-hydrogen) atoms. The van der Waals surface area contributed by atoms with E-state index in [-0.39, 0.29) is 12.5 Å². The van der Waals surface area contributed by atoms with Crippen molar-refractivity contribution in [1.29, 1.82) is 0 Å². The van der Waals surface area contributed by atoms with Crippen molar-refractivity contribution in [3.05, 3.63) is 59.1 Å². The monoisotopic (exact) mass is 331 g/mol. The summed E-state index contributed by atoms with van der Waals surface area (Å²) in [5.41, 5.74) is 3.96. The first-order valence-corrected chi connectivity index (χ1v) is 7.60. The van der Waals surface area contributed by atoms with Crippen LogP contribution in [-0.4, -0.2) is 25.3 Å². The maximum absolute atomic E-state index is 11.8. The van der Waals surface area contributed by atoms with Gasteiger partial charge in [0.2, 0.25) is 0 Å². The van der Waals surface area contributed by atoms with Crippen LogP contribution in [0.25, 0.3) is 0 Å². The molecule has 0 fully saturated rings. The predicted molar refractivity (Wildman–Crippen MR) is 93.3 cm³/mol. The molecule has 5 nitrogen and oxygen atoms in total. The van der Waals surface area contributed by atoms with Crippen molar-refractivity contribution in [2.24, 2.45) is 5.10 Å². The Morgan fingerprint density at radius 1 is 1.22 bits per heavy atom. The summed E-state index contributed by atoms with van der Waals surface area (Å²) in [5.74, 6) is 0.456. The Hall–Kier alpha value is -2.53. The minimum Gasteiger partial charge on any atom is -0.493 e. The van der Waals surface area contributed by atoms with Crippen LogP contribution in [0.3, 0.4) is 0 Å². The molecule has 0 atom stereocenters. The van der Waals surface area contributed by atoms with Crippen LogP contribution in [0.1, 0.15) is 12.5 Å². The van der Waals surface area contributed by atoms with E-state index in [1.54, 1.807) is 18.3 Å². The molecule has 0 aliphatic rings. The number of hydrogen-bond donors (Lipinski definition) is 2. The average molecular weight is 332 g/mol. The Labute approximate surface area is 140 Å². The second-order valence-electron chi connectivity index (χ2n) is 4.60. The number of benzene rings is 2. The number of carbonyl (C=O) groups excluding carboxylic acids is 1. The second-order valence-corrected chi connectivity index (χ2v) is 5.00. The molecular formula is C17H18ClN3O2. The molecule has 0 heterocycles. The van der Waals surface area contributed by atoms with Gasteiger partial charge < -0.3 is 10.1 Å². The van der Waals surface area contributed by atoms with Gasteiger partial charge in [0.25, 0.3) is 5.91 Å². The highest BCUT2D eigenvalue weighted by molar-refractivity contribution is 6.33. The number of halogens is 1. The van der Waals surface area contributed by atoms with Gasteiger partial charge in [-0.25, -0.2) is 5.43 Å². The number of amides is 1. The molecule has 0 radical (unpaired) electrons. The van der Waals surface area contributed by atoms with Gasteiger partial charge in [0, 0.05) is 5.56 Å². The van der Waals surface area contributed by atoms with E-state index in [0.29, 0.717) is 17.3 Å². The van der Waals surface area contributed by atoms with Crippen LogP contribution >= 0.6 is 11.6 Å². The number of para-hydroxylation sites is 2. The smallest absolute Gasteiger partial charge is 0.259 e. The van der Waals surface area contributed by atoms with Crippen molar-refractivity contribution in [1.82, 2.24) is 5.43 Å². The zero-order valence-electron chi connectivity index (χ0n) is 12.8. The molecule has 0 unspecified atom stereocenters. The molecule has 2 rings (SSSR count). The van der Waals surface area contributed by atoms with Gasteiger partial charge in [0.1, 0.15) is 5.75 Å². The number of rotatable bonds is 7. The first-order valence-electron chi connectivity index (χ1n) is 7.23. The number of hydrazone groups is 1. The molecule has 1 amide bonds. The fourth-order valence-electron chi connectivity index (χ4n) is 1.87. The third kappa shape index (κ3) is 5.30. The van der Waals surface area contributed by atoms with Crippen LogP contribution in [0.15, 0.2) is 53.6 Å². The van der Waals surface area contributed by atoms with Crippen molar-refractivity contribution in [3.63, 3.8) is 0 Å². The lowest BCUT2D eigenvalue weighted by Crippen LogP contribution is -2.26. The van der Waals surface area contributed by atoms with Crippen molar-refractivity contribution in [2.45, 2.75) is 6.92 Å². The normalized spacial score (nSPS) is 10.5. The Morgan fingerprint density at radius 3 is 2.74 bits per heavy atom. The van der Waals surface area contributed by atoms with Gasteiger partial charge in [-0.15, -0.1) is 0 Å².